The molecular formula is C26H22F2N4O3S. The molecule has 2 heterocycles. The number of hydrogen-bond acceptors (Lipinski definition) is 6. The number of ether oxygens (including phenoxy) is 1. The fourth-order valence-electron chi connectivity index (χ4n) is 3.40. The van der Waals surface area contributed by atoms with Crippen molar-refractivity contribution in [1.82, 2.24) is 9.97 Å². The maximum atomic E-state index is 15.1. The number of nitrogens with one attached hydrogen (secondary N) is 3. The number of anilines is 2. The molecule has 0 spiro atoms. The van der Waals surface area contributed by atoms with Crippen LogP contribution in [0.3, 0.4) is 0 Å². The third-order valence-electron chi connectivity index (χ3n) is 5.08. The number of hydrogen-bond donors (Lipinski definition) is 3. The second kappa shape index (κ2) is 11.0. The van der Waals surface area contributed by atoms with Crippen LogP contribution in [0.25, 0.3) is 11.0 Å². The molecule has 184 valence electrons. The lowest BCUT2D eigenvalue weighted by atomic mass is 10.0. The number of halogens is 2. The molecule has 0 aliphatic carbocycles. The van der Waals surface area contributed by atoms with E-state index in [0.29, 0.717) is 22.5 Å². The lowest BCUT2D eigenvalue weighted by Gasteiger charge is -2.10. The summed E-state index contributed by atoms with van der Waals surface area (Å²) in [6.45, 7) is 5.39. The number of nitrogens with zero attached hydrogens (tertiary/aromatic N) is 1. The summed E-state index contributed by atoms with van der Waals surface area (Å²) in [5, 5.41) is 2.98. The summed E-state index contributed by atoms with van der Waals surface area (Å²) >= 11 is 1.27. The van der Waals surface area contributed by atoms with Gasteiger partial charge in [0.05, 0.1) is 17.4 Å². The number of carbonyl (C=O) groups is 2. The van der Waals surface area contributed by atoms with E-state index in [1.54, 1.807) is 30.3 Å². The van der Waals surface area contributed by atoms with Gasteiger partial charge in [0.2, 0.25) is 11.7 Å². The van der Waals surface area contributed by atoms with Gasteiger partial charge in [0.15, 0.2) is 5.82 Å². The first-order chi connectivity index (χ1) is 17.4. The lowest BCUT2D eigenvalue weighted by molar-refractivity contribution is -0.111. The Kier molecular flexibility index (Phi) is 7.65. The third-order valence-corrected chi connectivity index (χ3v) is 6.06. The number of pyridine rings is 1. The van der Waals surface area contributed by atoms with Gasteiger partial charge in [-0.3, -0.25) is 9.59 Å². The number of aromatic amines is 1. The van der Waals surface area contributed by atoms with E-state index in [1.165, 1.54) is 30.4 Å². The van der Waals surface area contributed by atoms with Crippen molar-refractivity contribution in [2.75, 3.05) is 15.8 Å². The number of aromatic nitrogens is 2. The van der Waals surface area contributed by atoms with Gasteiger partial charge in [-0.25, -0.2) is 13.8 Å². The molecule has 4 rings (SSSR count). The van der Waals surface area contributed by atoms with E-state index in [0.717, 1.165) is 24.3 Å². The van der Waals surface area contributed by atoms with Gasteiger partial charge in [-0.1, -0.05) is 31.5 Å². The van der Waals surface area contributed by atoms with Crippen LogP contribution in [0.2, 0.25) is 0 Å². The van der Waals surface area contributed by atoms with Crippen molar-refractivity contribution in [2.45, 2.75) is 13.3 Å². The Bertz CT molecular complexity index is 1450. The minimum atomic E-state index is -0.961. The summed E-state index contributed by atoms with van der Waals surface area (Å²) in [7, 11) is 0. The van der Waals surface area contributed by atoms with E-state index >= 15 is 4.39 Å². The fraction of sp³-hybridized carbons (Fsp3) is 0.115. The molecule has 0 unspecified atom stereocenters. The fourth-order valence-corrected chi connectivity index (χ4v) is 4.02. The number of rotatable bonds is 10. The van der Waals surface area contributed by atoms with Gasteiger partial charge in [0, 0.05) is 34.7 Å². The van der Waals surface area contributed by atoms with E-state index in [1.807, 2.05) is 6.92 Å². The Morgan fingerprint density at radius 2 is 2.03 bits per heavy atom. The zero-order valence-electron chi connectivity index (χ0n) is 19.2. The Balaban J connectivity index is 1.64. The molecule has 1 amide bonds. The van der Waals surface area contributed by atoms with Crippen molar-refractivity contribution in [3.63, 3.8) is 0 Å². The minimum Gasteiger partial charge on any atom is -0.456 e. The molecule has 0 aliphatic rings. The van der Waals surface area contributed by atoms with Gasteiger partial charge in [-0.15, -0.1) is 0 Å². The van der Waals surface area contributed by atoms with E-state index in [-0.39, 0.29) is 22.9 Å². The lowest BCUT2D eigenvalue weighted by Crippen LogP contribution is -2.09. The normalized spacial score (nSPS) is 10.8. The molecule has 4 aromatic rings. The van der Waals surface area contributed by atoms with Crippen LogP contribution >= 0.6 is 11.9 Å². The average molecular weight is 509 g/mol. The molecule has 0 aliphatic heterocycles. The summed E-state index contributed by atoms with van der Waals surface area (Å²) in [5.74, 6) is -1.70. The van der Waals surface area contributed by atoms with E-state index < -0.39 is 23.0 Å². The highest BCUT2D eigenvalue weighted by Gasteiger charge is 2.24. The molecule has 3 N–H and O–H groups in total. The van der Waals surface area contributed by atoms with Crippen molar-refractivity contribution in [2.24, 2.45) is 0 Å². The Morgan fingerprint density at radius 1 is 1.19 bits per heavy atom. The zero-order chi connectivity index (χ0) is 25.7. The quantitative estimate of drug-likeness (QED) is 0.0985. The Morgan fingerprint density at radius 3 is 2.81 bits per heavy atom. The Labute approximate surface area is 210 Å². The monoisotopic (exact) mass is 508 g/mol. The van der Waals surface area contributed by atoms with Crippen LogP contribution in [-0.4, -0.2) is 27.4 Å². The topological polar surface area (TPSA) is 96.1 Å². The van der Waals surface area contributed by atoms with Gasteiger partial charge in [0.25, 0.3) is 0 Å². The molecule has 2 aromatic heterocycles. The first-order valence-corrected chi connectivity index (χ1v) is 12.0. The molecule has 0 saturated carbocycles. The second-order valence-electron chi connectivity index (χ2n) is 7.66. The van der Waals surface area contributed by atoms with Gasteiger partial charge < -0.3 is 19.8 Å². The van der Waals surface area contributed by atoms with Gasteiger partial charge in [-0.2, -0.15) is 0 Å². The molecule has 0 bridgehead atoms. The zero-order valence-corrected chi connectivity index (χ0v) is 20.0. The maximum absolute atomic E-state index is 15.1. The molecule has 36 heavy (non-hydrogen) atoms. The highest BCUT2D eigenvalue weighted by atomic mass is 32.2. The van der Waals surface area contributed by atoms with E-state index in [9.17, 15) is 14.0 Å². The first-order valence-electron chi connectivity index (χ1n) is 11.0. The minimum absolute atomic E-state index is 0.0311. The van der Waals surface area contributed by atoms with Crippen LogP contribution in [0.4, 0.5) is 20.2 Å². The van der Waals surface area contributed by atoms with Crippen molar-refractivity contribution in [3.05, 3.63) is 90.3 Å². The van der Waals surface area contributed by atoms with E-state index in [2.05, 4.69) is 26.6 Å². The SMILES string of the molecule is C=CC(=O)Nc1cccc(Oc2cnc3[nH]cc(C(=O)c4c(F)ccc(NSCCC)c4F)c3c2)c1. The predicted octanol–water partition coefficient (Wildman–Crippen LogP) is 6.46. The highest BCUT2D eigenvalue weighted by Crippen LogP contribution is 2.31. The largest absolute Gasteiger partial charge is 0.456 e. The van der Waals surface area contributed by atoms with Crippen LogP contribution in [0.15, 0.2) is 67.5 Å². The van der Waals surface area contributed by atoms with Crippen LogP contribution < -0.4 is 14.8 Å². The summed E-state index contributed by atoms with van der Waals surface area (Å²) in [5.41, 5.74) is 0.275. The number of carbonyl (C=O) groups excluding carboxylic acids is 2. The molecule has 10 heteroatoms. The number of ketones is 1. The molecule has 0 fully saturated rings. The van der Waals surface area contributed by atoms with E-state index in [4.69, 9.17) is 4.74 Å². The van der Waals surface area contributed by atoms with Crippen molar-refractivity contribution in [1.29, 1.82) is 0 Å². The predicted molar refractivity (Wildman–Crippen MR) is 138 cm³/mol. The van der Waals surface area contributed by atoms with Crippen LogP contribution in [-0.2, 0) is 4.79 Å². The first kappa shape index (κ1) is 24.9. The molecule has 2 aromatic carbocycles. The van der Waals surface area contributed by atoms with Crippen LogP contribution in [0.1, 0.15) is 29.3 Å². The smallest absolute Gasteiger partial charge is 0.247 e. The molecule has 0 saturated heterocycles. The van der Waals surface area contributed by atoms with Gasteiger partial charge in [0.1, 0.15) is 23.0 Å². The number of amides is 1. The number of benzene rings is 2. The Hall–Kier alpha value is -4.18. The summed E-state index contributed by atoms with van der Waals surface area (Å²) in [6.07, 6.45) is 4.82. The third kappa shape index (κ3) is 5.38. The molecule has 7 nitrogen and oxygen atoms in total. The molecule has 0 radical (unpaired) electrons. The number of fused-ring (bicyclic) bond motifs is 1. The van der Waals surface area contributed by atoms with Gasteiger partial charge in [-0.05, 0) is 42.8 Å². The van der Waals surface area contributed by atoms with Gasteiger partial charge >= 0.3 is 0 Å². The average Bonchev–Trinajstić information content (AvgIpc) is 3.29. The van der Waals surface area contributed by atoms with Crippen molar-refractivity contribution < 1.29 is 23.1 Å². The molecule has 0 atom stereocenters. The maximum Gasteiger partial charge on any atom is 0.247 e. The summed E-state index contributed by atoms with van der Waals surface area (Å²) < 4.78 is 38.4. The molecular weight excluding hydrogens is 486 g/mol. The van der Waals surface area contributed by atoms with Crippen LogP contribution in [0, 0.1) is 11.6 Å². The standard InChI is InChI=1S/C26H22F2N4O3S/c1-3-10-36-32-21-9-8-20(27)23(24(21)28)25(34)19-14-30-26-18(19)12-17(13-29-26)35-16-7-5-6-15(11-16)31-22(33)4-2/h4-9,11-14,32H,2-3,10H2,1H3,(H,29,30)(H,31,33). The van der Waals surface area contributed by atoms with Crippen LogP contribution in [0.5, 0.6) is 11.5 Å². The highest BCUT2D eigenvalue weighted by molar-refractivity contribution is 8.00. The summed E-state index contributed by atoms with van der Waals surface area (Å²) in [6, 6.07) is 10.5. The number of H-pyrrole nitrogens is 1. The van der Waals surface area contributed by atoms with Crippen molar-refractivity contribution >= 4 is 46.0 Å². The summed E-state index contributed by atoms with van der Waals surface area (Å²) in [4.78, 5) is 31.9. The van der Waals surface area contributed by atoms with Crippen molar-refractivity contribution in [3.8, 4) is 11.5 Å². The second-order valence-corrected chi connectivity index (χ2v) is 8.56.